The van der Waals surface area contributed by atoms with Gasteiger partial charge in [-0.25, -0.2) is 0 Å². The van der Waals surface area contributed by atoms with E-state index in [4.69, 9.17) is 9.47 Å². The molecule has 0 aliphatic carbocycles. The molecule has 1 atom stereocenters. The zero-order valence-electron chi connectivity index (χ0n) is 15.0. The highest BCUT2D eigenvalue weighted by molar-refractivity contribution is 5.43. The van der Waals surface area contributed by atoms with E-state index in [0.717, 1.165) is 44.2 Å². The van der Waals surface area contributed by atoms with Crippen molar-refractivity contribution in [3.05, 3.63) is 23.8 Å². The normalized spacial score (nSPS) is 17.3. The number of nitrogens with zero attached hydrogens (tertiary/aromatic N) is 2. The van der Waals surface area contributed by atoms with Crippen LogP contribution in [0.25, 0.3) is 0 Å². The molecule has 2 rings (SSSR count). The summed E-state index contributed by atoms with van der Waals surface area (Å²) in [7, 11) is 4.26. The fraction of sp³-hybridized carbons (Fsp3) is 0.667. The summed E-state index contributed by atoms with van der Waals surface area (Å²) in [5, 5.41) is 3.43. The zero-order valence-corrected chi connectivity index (χ0v) is 15.0. The molecule has 1 aromatic carbocycles. The largest absolute Gasteiger partial charge is 0.494 e. The van der Waals surface area contributed by atoms with Crippen LogP contribution in [0.3, 0.4) is 0 Å². The SMILES string of the molecule is CCOc1ccc(C(CN(C)C)N2CCNCC2)c(OCC)c1. The first-order chi connectivity index (χ1) is 11.2. The second-order valence-corrected chi connectivity index (χ2v) is 6.13. The maximum absolute atomic E-state index is 5.94. The predicted octanol–water partition coefficient (Wildman–Crippen LogP) is 1.99. The van der Waals surface area contributed by atoms with Gasteiger partial charge in [0.2, 0.25) is 0 Å². The number of benzene rings is 1. The molecule has 0 saturated carbocycles. The van der Waals surface area contributed by atoms with Crippen molar-refractivity contribution in [2.75, 3.05) is 60.0 Å². The van der Waals surface area contributed by atoms with Crippen LogP contribution in [0.15, 0.2) is 18.2 Å². The molecule has 1 heterocycles. The van der Waals surface area contributed by atoms with Crippen LogP contribution in [-0.2, 0) is 0 Å². The molecule has 0 aromatic heterocycles. The van der Waals surface area contributed by atoms with Crippen LogP contribution in [-0.4, -0.2) is 69.8 Å². The van der Waals surface area contributed by atoms with Crippen LogP contribution in [0.2, 0.25) is 0 Å². The number of hydrogen-bond acceptors (Lipinski definition) is 5. The van der Waals surface area contributed by atoms with Gasteiger partial charge in [-0.1, -0.05) is 6.07 Å². The molecule has 0 bridgehead atoms. The Kier molecular flexibility index (Phi) is 7.15. The summed E-state index contributed by atoms with van der Waals surface area (Å²) in [6, 6.07) is 6.61. The molecule has 0 amide bonds. The van der Waals surface area contributed by atoms with Crippen LogP contribution in [0.1, 0.15) is 25.5 Å². The first-order valence-corrected chi connectivity index (χ1v) is 8.64. The minimum Gasteiger partial charge on any atom is -0.494 e. The second-order valence-electron chi connectivity index (χ2n) is 6.13. The van der Waals surface area contributed by atoms with Crippen molar-refractivity contribution < 1.29 is 9.47 Å². The molecule has 0 spiro atoms. The van der Waals surface area contributed by atoms with E-state index in [1.54, 1.807) is 0 Å². The Morgan fingerprint density at radius 1 is 1.13 bits per heavy atom. The van der Waals surface area contributed by atoms with Gasteiger partial charge in [-0.15, -0.1) is 0 Å². The summed E-state index contributed by atoms with van der Waals surface area (Å²) in [6.45, 7) is 10.6. The standard InChI is InChI=1S/C18H31N3O2/c1-5-22-15-7-8-16(18(13-15)23-6-2)17(14-20(3)4)21-11-9-19-10-12-21/h7-8,13,17,19H,5-6,9-12,14H2,1-4H3. The van der Waals surface area contributed by atoms with Crippen molar-refractivity contribution in [1.82, 2.24) is 15.1 Å². The van der Waals surface area contributed by atoms with Gasteiger partial charge >= 0.3 is 0 Å². The number of hydrogen-bond donors (Lipinski definition) is 1. The molecule has 1 saturated heterocycles. The van der Waals surface area contributed by atoms with E-state index in [1.807, 2.05) is 19.9 Å². The highest BCUT2D eigenvalue weighted by atomic mass is 16.5. The zero-order chi connectivity index (χ0) is 16.7. The summed E-state index contributed by atoms with van der Waals surface area (Å²) < 4.78 is 11.6. The van der Waals surface area contributed by atoms with Crippen LogP contribution >= 0.6 is 0 Å². The van der Waals surface area contributed by atoms with Crippen molar-refractivity contribution in [1.29, 1.82) is 0 Å². The van der Waals surface area contributed by atoms with E-state index in [1.165, 1.54) is 5.56 Å². The average molecular weight is 321 g/mol. The van der Waals surface area contributed by atoms with Gasteiger partial charge in [-0.3, -0.25) is 4.90 Å². The number of likely N-dealkylation sites (N-methyl/N-ethyl adjacent to an activating group) is 1. The first kappa shape index (κ1) is 18.0. The lowest BCUT2D eigenvalue weighted by molar-refractivity contribution is 0.141. The van der Waals surface area contributed by atoms with Gasteiger partial charge in [-0.05, 0) is 34.0 Å². The monoisotopic (exact) mass is 321 g/mol. The van der Waals surface area contributed by atoms with Gasteiger partial charge in [0.15, 0.2) is 0 Å². The summed E-state index contributed by atoms with van der Waals surface area (Å²) >= 11 is 0. The van der Waals surface area contributed by atoms with Gasteiger partial charge in [0, 0.05) is 44.4 Å². The Hall–Kier alpha value is -1.30. The van der Waals surface area contributed by atoms with Crippen LogP contribution in [0.4, 0.5) is 0 Å². The van der Waals surface area contributed by atoms with Crippen molar-refractivity contribution in [2.24, 2.45) is 0 Å². The summed E-state index contributed by atoms with van der Waals surface area (Å²) in [5.41, 5.74) is 1.26. The molecular weight excluding hydrogens is 290 g/mol. The molecule has 0 radical (unpaired) electrons. The van der Waals surface area contributed by atoms with Crippen LogP contribution in [0.5, 0.6) is 11.5 Å². The summed E-state index contributed by atoms with van der Waals surface area (Å²) in [6.07, 6.45) is 0. The minimum atomic E-state index is 0.337. The molecule has 1 aromatic rings. The molecule has 1 aliphatic heterocycles. The Labute approximate surface area is 140 Å². The number of ether oxygens (including phenoxy) is 2. The quantitative estimate of drug-likeness (QED) is 0.792. The van der Waals surface area contributed by atoms with Crippen LogP contribution < -0.4 is 14.8 Å². The third-order valence-corrected chi connectivity index (χ3v) is 4.09. The lowest BCUT2D eigenvalue weighted by Crippen LogP contribution is -2.47. The Morgan fingerprint density at radius 2 is 1.83 bits per heavy atom. The van der Waals surface area contributed by atoms with Crippen LogP contribution in [0, 0.1) is 0 Å². The molecule has 23 heavy (non-hydrogen) atoms. The van der Waals surface area contributed by atoms with E-state index in [2.05, 4.69) is 41.3 Å². The highest BCUT2D eigenvalue weighted by Gasteiger charge is 2.25. The minimum absolute atomic E-state index is 0.337. The number of piperazine rings is 1. The fourth-order valence-corrected chi connectivity index (χ4v) is 3.08. The first-order valence-electron chi connectivity index (χ1n) is 8.64. The van der Waals surface area contributed by atoms with Crippen molar-refractivity contribution in [3.63, 3.8) is 0 Å². The van der Waals surface area contributed by atoms with Gasteiger partial charge in [0.1, 0.15) is 11.5 Å². The Balaban J connectivity index is 2.31. The topological polar surface area (TPSA) is 37.0 Å². The lowest BCUT2D eigenvalue weighted by atomic mass is 10.0. The van der Waals surface area contributed by atoms with Gasteiger partial charge in [0.25, 0.3) is 0 Å². The van der Waals surface area contributed by atoms with E-state index >= 15 is 0 Å². The molecule has 1 aliphatic rings. The predicted molar refractivity (Wildman–Crippen MR) is 94.5 cm³/mol. The fourth-order valence-electron chi connectivity index (χ4n) is 3.08. The van der Waals surface area contributed by atoms with Gasteiger partial charge < -0.3 is 19.7 Å². The molecule has 1 N–H and O–H groups in total. The highest BCUT2D eigenvalue weighted by Crippen LogP contribution is 2.33. The third kappa shape index (κ3) is 5.09. The second kappa shape index (κ2) is 9.11. The molecule has 1 fully saturated rings. The van der Waals surface area contributed by atoms with E-state index in [0.29, 0.717) is 19.3 Å². The third-order valence-electron chi connectivity index (χ3n) is 4.09. The molecule has 1 unspecified atom stereocenters. The van der Waals surface area contributed by atoms with E-state index in [-0.39, 0.29) is 0 Å². The Bertz CT molecular complexity index is 473. The van der Waals surface area contributed by atoms with Gasteiger partial charge in [-0.2, -0.15) is 0 Å². The average Bonchev–Trinajstić information content (AvgIpc) is 2.55. The Morgan fingerprint density at radius 3 is 2.43 bits per heavy atom. The number of rotatable bonds is 8. The van der Waals surface area contributed by atoms with E-state index in [9.17, 15) is 0 Å². The summed E-state index contributed by atoms with van der Waals surface area (Å²) in [5.74, 6) is 1.83. The lowest BCUT2D eigenvalue weighted by Gasteiger charge is -2.37. The molecule has 130 valence electrons. The maximum Gasteiger partial charge on any atom is 0.127 e. The van der Waals surface area contributed by atoms with Crippen molar-refractivity contribution in [2.45, 2.75) is 19.9 Å². The summed E-state index contributed by atoms with van der Waals surface area (Å²) in [4.78, 5) is 4.80. The van der Waals surface area contributed by atoms with E-state index < -0.39 is 0 Å². The van der Waals surface area contributed by atoms with Crippen molar-refractivity contribution >= 4 is 0 Å². The molecular formula is C18H31N3O2. The van der Waals surface area contributed by atoms with Crippen molar-refractivity contribution in [3.8, 4) is 11.5 Å². The van der Waals surface area contributed by atoms with Gasteiger partial charge in [0.05, 0.1) is 19.3 Å². The maximum atomic E-state index is 5.94. The smallest absolute Gasteiger partial charge is 0.127 e. The number of nitrogens with one attached hydrogen (secondary N) is 1. The molecule has 5 heteroatoms. The molecule has 5 nitrogen and oxygen atoms in total.